The summed E-state index contributed by atoms with van der Waals surface area (Å²) in [5.74, 6) is -0.397. The van der Waals surface area contributed by atoms with Gasteiger partial charge in [-0.25, -0.2) is 14.8 Å². The Morgan fingerprint density at radius 2 is 1.87 bits per heavy atom. The van der Waals surface area contributed by atoms with Gasteiger partial charge in [-0.1, -0.05) is 30.3 Å². The van der Waals surface area contributed by atoms with Crippen molar-refractivity contribution in [1.29, 1.82) is 0 Å². The van der Waals surface area contributed by atoms with Crippen molar-refractivity contribution in [3.05, 3.63) is 82.0 Å². The Kier molecular flexibility index (Phi) is 5.29. The van der Waals surface area contributed by atoms with Gasteiger partial charge in [-0.2, -0.15) is 0 Å². The van der Waals surface area contributed by atoms with Gasteiger partial charge in [0, 0.05) is 17.9 Å². The number of thiazole rings is 1. The van der Waals surface area contributed by atoms with Crippen molar-refractivity contribution in [2.24, 2.45) is 4.99 Å². The van der Waals surface area contributed by atoms with Gasteiger partial charge in [-0.15, -0.1) is 11.3 Å². The second-order valence-corrected chi connectivity index (χ2v) is 7.67. The first-order valence-electron chi connectivity index (χ1n) is 9.34. The maximum atomic E-state index is 12.4. The average molecular weight is 417 g/mol. The van der Waals surface area contributed by atoms with Crippen LogP contribution in [0, 0.1) is 13.8 Å². The van der Waals surface area contributed by atoms with Crippen LogP contribution in [0.1, 0.15) is 29.3 Å². The number of rotatable bonds is 4. The SMILES string of the molecule is CC(=O)N(c1nc(/C=C2\N=C(c3ccccc3)OC2=O)cs1)c1cccc(C)c1C. The molecule has 1 aliphatic rings. The molecule has 2 aromatic carbocycles. The zero-order valence-electron chi connectivity index (χ0n) is 16.7. The van der Waals surface area contributed by atoms with E-state index in [1.165, 1.54) is 18.3 Å². The van der Waals surface area contributed by atoms with E-state index in [9.17, 15) is 9.59 Å². The molecule has 0 bridgehead atoms. The number of carbonyl (C=O) groups excluding carboxylic acids is 2. The van der Waals surface area contributed by atoms with Crippen LogP contribution in [0.2, 0.25) is 0 Å². The molecule has 1 aromatic heterocycles. The minimum atomic E-state index is -0.527. The van der Waals surface area contributed by atoms with Gasteiger partial charge in [0.2, 0.25) is 11.8 Å². The Labute approximate surface area is 178 Å². The number of aryl methyl sites for hydroxylation is 1. The number of carbonyl (C=O) groups is 2. The zero-order valence-corrected chi connectivity index (χ0v) is 17.6. The smallest absolute Gasteiger partial charge is 0.363 e. The van der Waals surface area contributed by atoms with Crippen LogP contribution in [0.4, 0.5) is 10.8 Å². The molecule has 0 saturated carbocycles. The topological polar surface area (TPSA) is 71.9 Å². The summed E-state index contributed by atoms with van der Waals surface area (Å²) >= 11 is 1.33. The summed E-state index contributed by atoms with van der Waals surface area (Å²) in [7, 11) is 0. The van der Waals surface area contributed by atoms with Gasteiger partial charge in [0.1, 0.15) is 0 Å². The predicted molar refractivity (Wildman–Crippen MR) is 118 cm³/mol. The van der Waals surface area contributed by atoms with Gasteiger partial charge in [-0.3, -0.25) is 9.69 Å². The maximum absolute atomic E-state index is 12.4. The molecule has 0 aliphatic carbocycles. The zero-order chi connectivity index (χ0) is 21.3. The minimum absolute atomic E-state index is 0.137. The van der Waals surface area contributed by atoms with E-state index in [4.69, 9.17) is 4.74 Å². The highest BCUT2D eigenvalue weighted by atomic mass is 32.1. The van der Waals surface area contributed by atoms with Crippen LogP contribution in [0.3, 0.4) is 0 Å². The first-order chi connectivity index (χ1) is 14.4. The standard InChI is InChI=1S/C23H19N3O3S/c1-14-8-7-11-20(15(14)2)26(16(3)27)23-24-18(13-30-23)12-19-22(28)29-21(25-19)17-9-5-4-6-10-17/h4-13H,1-3H3/b19-12-. The number of aromatic nitrogens is 1. The molecule has 3 aromatic rings. The Balaban J connectivity index is 1.66. The molecule has 0 fully saturated rings. The number of ether oxygens (including phenoxy) is 1. The fraction of sp³-hybridized carbons (Fsp3) is 0.130. The monoisotopic (exact) mass is 417 g/mol. The molecule has 6 nitrogen and oxygen atoms in total. The number of hydrogen-bond donors (Lipinski definition) is 0. The van der Waals surface area contributed by atoms with E-state index in [0.717, 1.165) is 22.4 Å². The minimum Gasteiger partial charge on any atom is -0.402 e. The van der Waals surface area contributed by atoms with Gasteiger partial charge in [-0.05, 0) is 49.2 Å². The van der Waals surface area contributed by atoms with Crippen LogP contribution in [-0.4, -0.2) is 22.8 Å². The van der Waals surface area contributed by atoms with Crippen LogP contribution in [-0.2, 0) is 14.3 Å². The summed E-state index contributed by atoms with van der Waals surface area (Å²) in [4.78, 5) is 35.0. The highest BCUT2D eigenvalue weighted by Gasteiger charge is 2.25. The van der Waals surface area contributed by atoms with Crippen LogP contribution >= 0.6 is 11.3 Å². The van der Waals surface area contributed by atoms with Crippen LogP contribution in [0.5, 0.6) is 0 Å². The summed E-state index contributed by atoms with van der Waals surface area (Å²) in [6.07, 6.45) is 1.57. The summed E-state index contributed by atoms with van der Waals surface area (Å²) in [6, 6.07) is 15.0. The lowest BCUT2D eigenvalue weighted by molar-refractivity contribution is -0.130. The Bertz CT molecular complexity index is 1200. The summed E-state index contributed by atoms with van der Waals surface area (Å²) in [5.41, 5.74) is 4.34. The van der Waals surface area contributed by atoms with Crippen molar-refractivity contribution in [3.8, 4) is 0 Å². The molecule has 0 radical (unpaired) electrons. The first-order valence-corrected chi connectivity index (χ1v) is 10.2. The molecular formula is C23H19N3O3S. The second kappa shape index (κ2) is 8.04. The number of anilines is 2. The highest BCUT2D eigenvalue weighted by molar-refractivity contribution is 7.14. The molecule has 150 valence electrons. The molecule has 0 spiro atoms. The quantitative estimate of drug-likeness (QED) is 0.452. The summed E-state index contributed by atoms with van der Waals surface area (Å²) < 4.78 is 5.28. The van der Waals surface area contributed by atoms with Gasteiger partial charge in [0.05, 0.1) is 11.4 Å². The molecular weight excluding hydrogens is 398 g/mol. The van der Waals surface area contributed by atoms with Gasteiger partial charge >= 0.3 is 5.97 Å². The summed E-state index contributed by atoms with van der Waals surface area (Å²) in [6.45, 7) is 5.49. The van der Waals surface area contributed by atoms with Crippen LogP contribution in [0.15, 0.2) is 64.6 Å². The molecule has 2 heterocycles. The molecule has 0 saturated heterocycles. The number of esters is 1. The van der Waals surface area contributed by atoms with Crippen LogP contribution < -0.4 is 4.90 Å². The lowest BCUT2D eigenvalue weighted by Gasteiger charge is -2.21. The molecule has 0 atom stereocenters. The van der Waals surface area contributed by atoms with Crippen molar-refractivity contribution in [2.45, 2.75) is 20.8 Å². The number of nitrogens with zero attached hydrogens (tertiary/aromatic N) is 3. The van der Waals surface area contributed by atoms with Gasteiger partial charge in [0.15, 0.2) is 10.8 Å². The Hall–Kier alpha value is -3.58. The molecule has 4 rings (SSSR count). The highest BCUT2D eigenvalue weighted by Crippen LogP contribution is 2.33. The molecule has 7 heteroatoms. The second-order valence-electron chi connectivity index (χ2n) is 6.83. The summed E-state index contributed by atoms with van der Waals surface area (Å²) in [5, 5.41) is 2.31. The third-order valence-corrected chi connectivity index (χ3v) is 5.60. The van der Waals surface area contributed by atoms with Crippen molar-refractivity contribution in [1.82, 2.24) is 4.98 Å². The van der Waals surface area contributed by atoms with Crippen molar-refractivity contribution in [2.75, 3.05) is 4.90 Å². The van der Waals surface area contributed by atoms with E-state index in [1.54, 1.807) is 16.4 Å². The maximum Gasteiger partial charge on any atom is 0.363 e. The molecule has 1 aliphatic heterocycles. The number of benzene rings is 2. The van der Waals surface area contributed by atoms with E-state index < -0.39 is 5.97 Å². The molecule has 0 unspecified atom stereocenters. The fourth-order valence-corrected chi connectivity index (χ4v) is 3.92. The van der Waals surface area contributed by atoms with Crippen molar-refractivity contribution in [3.63, 3.8) is 0 Å². The molecule has 30 heavy (non-hydrogen) atoms. The lowest BCUT2D eigenvalue weighted by Crippen LogP contribution is -2.23. The van der Waals surface area contributed by atoms with Crippen molar-refractivity contribution < 1.29 is 14.3 Å². The lowest BCUT2D eigenvalue weighted by atomic mass is 10.1. The third-order valence-electron chi connectivity index (χ3n) is 4.76. The fourth-order valence-electron chi connectivity index (χ4n) is 3.08. The Morgan fingerprint density at radius 1 is 1.10 bits per heavy atom. The largest absolute Gasteiger partial charge is 0.402 e. The normalized spacial score (nSPS) is 14.6. The molecule has 1 amide bonds. The Morgan fingerprint density at radius 3 is 2.60 bits per heavy atom. The van der Waals surface area contributed by atoms with Gasteiger partial charge < -0.3 is 4.74 Å². The van der Waals surface area contributed by atoms with Gasteiger partial charge in [0.25, 0.3) is 0 Å². The average Bonchev–Trinajstić information content (AvgIpc) is 3.33. The van der Waals surface area contributed by atoms with Crippen molar-refractivity contribution >= 4 is 46.0 Å². The first kappa shape index (κ1) is 19.7. The number of amides is 1. The van der Waals surface area contributed by atoms with Crippen LogP contribution in [0.25, 0.3) is 6.08 Å². The van der Waals surface area contributed by atoms with E-state index in [0.29, 0.717) is 10.8 Å². The van der Waals surface area contributed by atoms with E-state index in [2.05, 4.69) is 9.98 Å². The number of cyclic esters (lactones) is 1. The van der Waals surface area contributed by atoms with E-state index in [-0.39, 0.29) is 17.5 Å². The predicted octanol–water partition coefficient (Wildman–Crippen LogP) is 4.79. The van der Waals surface area contributed by atoms with E-state index >= 15 is 0 Å². The number of aliphatic imine (C=N–C) groups is 1. The van der Waals surface area contributed by atoms with E-state index in [1.807, 2.05) is 62.4 Å². The molecule has 0 N–H and O–H groups in total. The third kappa shape index (κ3) is 3.79. The number of hydrogen-bond acceptors (Lipinski definition) is 6.